The Morgan fingerprint density at radius 1 is 1.85 bits per heavy atom. The molecule has 1 rings (SSSR count). The van der Waals surface area contributed by atoms with Crippen molar-refractivity contribution in [2.75, 3.05) is 26.3 Å². The van der Waals surface area contributed by atoms with Gasteiger partial charge in [-0.25, -0.2) is 0 Å². The van der Waals surface area contributed by atoms with Gasteiger partial charge in [0.2, 0.25) is 5.91 Å². The van der Waals surface area contributed by atoms with Crippen molar-refractivity contribution in [2.45, 2.75) is 19.1 Å². The number of nitrogens with one attached hydrogen (secondary N) is 2. The zero-order valence-electron chi connectivity index (χ0n) is 7.75. The van der Waals surface area contributed by atoms with E-state index in [2.05, 4.69) is 10.6 Å². The maximum Gasteiger partial charge on any atom is 0.239 e. The van der Waals surface area contributed by atoms with Crippen LogP contribution in [0, 0.1) is 0 Å². The van der Waals surface area contributed by atoms with E-state index in [1.165, 1.54) is 0 Å². The van der Waals surface area contributed by atoms with Crippen molar-refractivity contribution in [3.63, 3.8) is 0 Å². The summed E-state index contributed by atoms with van der Waals surface area (Å²) < 4.78 is 5.12. The summed E-state index contributed by atoms with van der Waals surface area (Å²) in [5.41, 5.74) is 0. The summed E-state index contributed by atoms with van der Waals surface area (Å²) in [6.45, 7) is 3.68. The molecule has 76 valence electrons. The quantitative estimate of drug-likeness (QED) is 0.502. The highest BCUT2D eigenvalue weighted by Gasteiger charge is 2.20. The molecule has 0 bridgehead atoms. The molecule has 1 amide bonds. The van der Waals surface area contributed by atoms with Gasteiger partial charge in [0.25, 0.3) is 0 Å². The molecule has 0 aromatic carbocycles. The van der Waals surface area contributed by atoms with Crippen LogP contribution in [0.4, 0.5) is 0 Å². The highest BCUT2D eigenvalue weighted by atomic mass is 16.5. The molecule has 1 fully saturated rings. The fourth-order valence-corrected chi connectivity index (χ4v) is 1.11. The first-order valence-corrected chi connectivity index (χ1v) is 4.47. The van der Waals surface area contributed by atoms with Crippen molar-refractivity contribution in [2.24, 2.45) is 0 Å². The summed E-state index contributed by atoms with van der Waals surface area (Å²) in [5, 5.41) is 14.6. The van der Waals surface area contributed by atoms with Crippen LogP contribution in [-0.4, -0.2) is 49.5 Å². The van der Waals surface area contributed by atoms with E-state index in [9.17, 15) is 4.79 Å². The van der Waals surface area contributed by atoms with Gasteiger partial charge >= 0.3 is 0 Å². The van der Waals surface area contributed by atoms with Crippen molar-refractivity contribution in [3.8, 4) is 0 Å². The Morgan fingerprint density at radius 2 is 2.62 bits per heavy atom. The van der Waals surface area contributed by atoms with Gasteiger partial charge in [0.1, 0.15) is 6.04 Å². The molecule has 0 aliphatic carbocycles. The molecule has 0 radical (unpaired) electrons. The molecule has 1 unspecified atom stereocenters. The van der Waals surface area contributed by atoms with Crippen molar-refractivity contribution >= 4 is 5.91 Å². The van der Waals surface area contributed by atoms with E-state index < -0.39 is 6.10 Å². The number of morpholine rings is 1. The largest absolute Gasteiger partial charge is 0.392 e. The Bertz CT molecular complexity index is 167. The van der Waals surface area contributed by atoms with E-state index in [-0.39, 0.29) is 18.5 Å². The van der Waals surface area contributed by atoms with Crippen LogP contribution in [-0.2, 0) is 9.53 Å². The first kappa shape index (κ1) is 10.4. The standard InChI is InChI=1S/C8H16N2O3/c1-6(11)4-10-8(12)7-5-13-3-2-9-7/h6-7,9,11H,2-5H2,1H3,(H,10,12)/t6-,7?/m1/s1. The van der Waals surface area contributed by atoms with Gasteiger partial charge in [-0.2, -0.15) is 0 Å². The number of hydrogen-bond donors (Lipinski definition) is 3. The lowest BCUT2D eigenvalue weighted by molar-refractivity contribution is -0.126. The maximum absolute atomic E-state index is 11.3. The maximum atomic E-state index is 11.3. The minimum atomic E-state index is -0.506. The van der Waals surface area contributed by atoms with Crippen molar-refractivity contribution in [3.05, 3.63) is 0 Å². The van der Waals surface area contributed by atoms with Crippen LogP contribution < -0.4 is 10.6 Å². The first-order valence-electron chi connectivity index (χ1n) is 4.47. The van der Waals surface area contributed by atoms with Gasteiger partial charge in [0, 0.05) is 13.1 Å². The Morgan fingerprint density at radius 3 is 3.15 bits per heavy atom. The molecular weight excluding hydrogens is 172 g/mol. The highest BCUT2D eigenvalue weighted by molar-refractivity contribution is 5.81. The Labute approximate surface area is 77.5 Å². The predicted molar refractivity (Wildman–Crippen MR) is 47.3 cm³/mol. The smallest absolute Gasteiger partial charge is 0.239 e. The van der Waals surface area contributed by atoms with E-state index in [4.69, 9.17) is 9.84 Å². The number of carbonyl (C=O) groups excluding carboxylic acids is 1. The molecule has 5 nitrogen and oxygen atoms in total. The highest BCUT2D eigenvalue weighted by Crippen LogP contribution is 1.92. The SMILES string of the molecule is C[C@@H](O)CNC(=O)C1COCCN1. The molecular formula is C8H16N2O3. The van der Waals surface area contributed by atoms with Gasteiger partial charge in [0.05, 0.1) is 19.3 Å². The zero-order chi connectivity index (χ0) is 9.68. The van der Waals surface area contributed by atoms with Crippen LogP contribution in [0.2, 0.25) is 0 Å². The first-order chi connectivity index (χ1) is 6.20. The molecule has 0 saturated carbocycles. The van der Waals surface area contributed by atoms with Gasteiger partial charge in [-0.05, 0) is 6.92 Å². The molecule has 0 aromatic heterocycles. The van der Waals surface area contributed by atoms with E-state index in [0.717, 1.165) is 0 Å². The summed E-state index contributed by atoms with van der Waals surface area (Å²) in [4.78, 5) is 11.3. The summed E-state index contributed by atoms with van der Waals surface area (Å²) in [7, 11) is 0. The van der Waals surface area contributed by atoms with Gasteiger partial charge in [-0.1, -0.05) is 0 Å². The number of aliphatic hydroxyl groups excluding tert-OH is 1. The Balaban J connectivity index is 2.21. The number of ether oxygens (including phenoxy) is 1. The minimum Gasteiger partial charge on any atom is -0.392 e. The third-order valence-corrected chi connectivity index (χ3v) is 1.81. The molecule has 2 atom stereocenters. The minimum absolute atomic E-state index is 0.111. The molecule has 1 aliphatic heterocycles. The Hall–Kier alpha value is -0.650. The second-order valence-corrected chi connectivity index (χ2v) is 3.18. The van der Waals surface area contributed by atoms with E-state index >= 15 is 0 Å². The zero-order valence-corrected chi connectivity index (χ0v) is 7.75. The second kappa shape index (κ2) is 5.16. The molecule has 13 heavy (non-hydrogen) atoms. The lowest BCUT2D eigenvalue weighted by Gasteiger charge is -2.23. The molecule has 0 spiro atoms. The number of amides is 1. The van der Waals surface area contributed by atoms with Crippen LogP contribution in [0.5, 0.6) is 0 Å². The van der Waals surface area contributed by atoms with Crippen LogP contribution in [0.25, 0.3) is 0 Å². The van der Waals surface area contributed by atoms with Crippen LogP contribution in [0.3, 0.4) is 0 Å². The molecule has 1 saturated heterocycles. The molecule has 5 heteroatoms. The Kier molecular flexibility index (Phi) is 4.14. The lowest BCUT2D eigenvalue weighted by Crippen LogP contribution is -2.52. The number of carbonyl (C=O) groups is 1. The van der Waals surface area contributed by atoms with E-state index in [1.807, 2.05) is 0 Å². The van der Waals surface area contributed by atoms with E-state index in [0.29, 0.717) is 19.8 Å². The van der Waals surface area contributed by atoms with Gasteiger partial charge in [-0.15, -0.1) is 0 Å². The lowest BCUT2D eigenvalue weighted by atomic mass is 10.2. The number of aliphatic hydroxyl groups is 1. The van der Waals surface area contributed by atoms with Crippen molar-refractivity contribution in [1.82, 2.24) is 10.6 Å². The molecule has 1 heterocycles. The van der Waals surface area contributed by atoms with Crippen LogP contribution >= 0.6 is 0 Å². The summed E-state index contributed by atoms with van der Waals surface area (Å²) in [5.74, 6) is -0.111. The normalized spacial score (nSPS) is 25.2. The molecule has 3 N–H and O–H groups in total. The van der Waals surface area contributed by atoms with Gasteiger partial charge in [0.15, 0.2) is 0 Å². The van der Waals surface area contributed by atoms with Gasteiger partial charge < -0.3 is 20.5 Å². The predicted octanol–water partition coefficient (Wildman–Crippen LogP) is -1.53. The van der Waals surface area contributed by atoms with Gasteiger partial charge in [-0.3, -0.25) is 4.79 Å². The van der Waals surface area contributed by atoms with Crippen LogP contribution in [0.15, 0.2) is 0 Å². The fourth-order valence-electron chi connectivity index (χ4n) is 1.11. The topological polar surface area (TPSA) is 70.6 Å². The summed E-state index contributed by atoms with van der Waals surface area (Å²) >= 11 is 0. The molecule has 0 aromatic rings. The number of rotatable bonds is 3. The fraction of sp³-hybridized carbons (Fsp3) is 0.875. The third kappa shape index (κ3) is 3.71. The average Bonchev–Trinajstić information content (AvgIpc) is 2.15. The number of hydrogen-bond acceptors (Lipinski definition) is 4. The van der Waals surface area contributed by atoms with Crippen LogP contribution in [0.1, 0.15) is 6.92 Å². The average molecular weight is 188 g/mol. The molecule has 1 aliphatic rings. The summed E-state index contributed by atoms with van der Waals surface area (Å²) in [6.07, 6.45) is -0.506. The third-order valence-electron chi connectivity index (χ3n) is 1.81. The summed E-state index contributed by atoms with van der Waals surface area (Å²) in [6, 6.07) is -0.271. The van der Waals surface area contributed by atoms with Crippen molar-refractivity contribution in [1.29, 1.82) is 0 Å². The second-order valence-electron chi connectivity index (χ2n) is 3.18. The van der Waals surface area contributed by atoms with E-state index in [1.54, 1.807) is 6.92 Å². The monoisotopic (exact) mass is 188 g/mol. The van der Waals surface area contributed by atoms with Crippen molar-refractivity contribution < 1.29 is 14.6 Å².